The average molecular weight is 500 g/mol. The van der Waals surface area contributed by atoms with Crippen LogP contribution in [0.2, 0.25) is 0 Å². The van der Waals surface area contributed by atoms with E-state index >= 15 is 0 Å². The number of rotatable bonds is 4. The van der Waals surface area contributed by atoms with Crippen molar-refractivity contribution in [3.8, 4) is 22.4 Å². The molecule has 0 N–H and O–H groups in total. The summed E-state index contributed by atoms with van der Waals surface area (Å²) in [5.41, 5.74) is 11.8. The zero-order valence-electron chi connectivity index (χ0n) is 23.1. The molecule has 0 saturated heterocycles. The first-order valence-electron chi connectivity index (χ1n) is 13.8. The normalized spacial score (nSPS) is 14.1. The van der Waals surface area contributed by atoms with Gasteiger partial charge in [0.25, 0.3) is 0 Å². The van der Waals surface area contributed by atoms with E-state index in [4.69, 9.17) is 11.0 Å². The van der Waals surface area contributed by atoms with E-state index in [2.05, 4.69) is 98.8 Å². The maximum atomic E-state index is 7.90. The lowest BCUT2D eigenvalue weighted by Crippen LogP contribution is -2.35. The van der Waals surface area contributed by atoms with Gasteiger partial charge in [0.1, 0.15) is 18.2 Å². The molecule has 3 aromatic carbocycles. The van der Waals surface area contributed by atoms with E-state index in [1.807, 2.05) is 6.07 Å². The fraction of sp³-hybridized carbons (Fsp3) is 0.314. The lowest BCUT2D eigenvalue weighted by Gasteiger charge is -2.13. The van der Waals surface area contributed by atoms with Gasteiger partial charge in [0.2, 0.25) is 5.69 Å². The molecule has 38 heavy (non-hydrogen) atoms. The van der Waals surface area contributed by atoms with Crippen LogP contribution >= 0.6 is 0 Å². The lowest BCUT2D eigenvalue weighted by atomic mass is 9.93. The van der Waals surface area contributed by atoms with Gasteiger partial charge in [-0.3, -0.25) is 0 Å². The van der Waals surface area contributed by atoms with E-state index in [1.165, 1.54) is 53.8 Å². The predicted octanol–water partition coefficient (Wildman–Crippen LogP) is 9.69. The highest BCUT2D eigenvalue weighted by molar-refractivity contribution is 6.15. The van der Waals surface area contributed by atoms with Gasteiger partial charge in [0, 0.05) is 35.4 Å². The van der Waals surface area contributed by atoms with Crippen LogP contribution in [0.15, 0.2) is 65.1 Å². The van der Waals surface area contributed by atoms with Crippen molar-refractivity contribution in [1.82, 2.24) is 0 Å². The van der Waals surface area contributed by atoms with Gasteiger partial charge in [0.05, 0.1) is 12.1 Å². The van der Waals surface area contributed by atoms with Crippen LogP contribution < -0.4 is 4.57 Å². The number of benzene rings is 3. The molecule has 5 aromatic rings. The van der Waals surface area contributed by atoms with Crippen LogP contribution in [0.3, 0.4) is 0 Å². The molecular weight excluding hydrogens is 464 g/mol. The molecule has 1 aliphatic rings. The highest BCUT2D eigenvalue weighted by atomic mass is 16.3. The number of hydrogen-bond donors (Lipinski definition) is 0. The summed E-state index contributed by atoms with van der Waals surface area (Å²) >= 11 is 0. The minimum Gasteiger partial charge on any atom is -0.456 e. The van der Waals surface area contributed by atoms with Crippen molar-refractivity contribution in [3.63, 3.8) is 0 Å². The van der Waals surface area contributed by atoms with Crippen LogP contribution in [0.25, 0.3) is 49.2 Å². The van der Waals surface area contributed by atoms with E-state index in [1.54, 1.807) is 0 Å². The monoisotopic (exact) mass is 499 g/mol. The van der Waals surface area contributed by atoms with Crippen LogP contribution in [-0.4, -0.2) is 0 Å². The fourth-order valence-electron chi connectivity index (χ4n) is 6.28. The zero-order valence-corrected chi connectivity index (χ0v) is 23.1. The summed E-state index contributed by atoms with van der Waals surface area (Å²) in [6.07, 6.45) is 5.20. The summed E-state index contributed by atoms with van der Waals surface area (Å²) in [5, 5.41) is 2.16. The first-order valence-corrected chi connectivity index (χ1v) is 13.8. The third-order valence-corrected chi connectivity index (χ3v) is 8.63. The Labute approximate surface area is 225 Å². The molecule has 2 heterocycles. The fourth-order valence-corrected chi connectivity index (χ4v) is 6.28. The molecule has 0 spiro atoms. The third-order valence-electron chi connectivity index (χ3n) is 8.63. The molecule has 0 amide bonds. The molecule has 0 unspecified atom stereocenters. The Morgan fingerprint density at radius 1 is 0.868 bits per heavy atom. The van der Waals surface area contributed by atoms with Crippen LogP contribution in [0.4, 0.5) is 5.69 Å². The molecule has 0 aliphatic heterocycles. The Kier molecular flexibility index (Phi) is 6.07. The van der Waals surface area contributed by atoms with Crippen molar-refractivity contribution in [2.75, 3.05) is 0 Å². The summed E-state index contributed by atoms with van der Waals surface area (Å²) in [6.45, 7) is 16.7. The number of fused-ring (bicyclic) bond motifs is 3. The smallest absolute Gasteiger partial charge is 0.216 e. The summed E-state index contributed by atoms with van der Waals surface area (Å²) in [6, 6.07) is 21.8. The Morgan fingerprint density at radius 3 is 2.18 bits per heavy atom. The van der Waals surface area contributed by atoms with E-state index in [0.29, 0.717) is 17.5 Å². The van der Waals surface area contributed by atoms with Crippen LogP contribution in [0.1, 0.15) is 73.8 Å². The van der Waals surface area contributed by atoms with Gasteiger partial charge in [-0.05, 0) is 53.9 Å². The molecule has 1 saturated carbocycles. The second-order valence-electron chi connectivity index (χ2n) is 11.3. The average Bonchev–Trinajstić information content (AvgIpc) is 3.58. The number of hydrogen-bond acceptors (Lipinski definition) is 1. The topological polar surface area (TPSA) is 21.4 Å². The van der Waals surface area contributed by atoms with Crippen molar-refractivity contribution >= 4 is 27.6 Å². The van der Waals surface area contributed by atoms with E-state index in [-0.39, 0.29) is 0 Å². The summed E-state index contributed by atoms with van der Waals surface area (Å²) in [7, 11) is 2.16. The third kappa shape index (κ3) is 3.91. The van der Waals surface area contributed by atoms with Crippen LogP contribution in [-0.2, 0) is 7.05 Å². The minimum atomic E-state index is 0.459. The molecule has 190 valence electrons. The molecule has 0 bridgehead atoms. The number of furan rings is 1. The van der Waals surface area contributed by atoms with Gasteiger partial charge in [-0.2, -0.15) is 4.57 Å². The Hall–Kier alpha value is -3.90. The zero-order chi connectivity index (χ0) is 26.6. The van der Waals surface area contributed by atoms with Crippen molar-refractivity contribution in [2.24, 2.45) is 7.05 Å². The predicted molar refractivity (Wildman–Crippen MR) is 157 cm³/mol. The van der Waals surface area contributed by atoms with Crippen molar-refractivity contribution < 1.29 is 8.98 Å². The second kappa shape index (κ2) is 9.44. The van der Waals surface area contributed by atoms with E-state index in [0.717, 1.165) is 38.6 Å². The van der Waals surface area contributed by atoms with E-state index in [9.17, 15) is 0 Å². The highest BCUT2D eigenvalue weighted by Crippen LogP contribution is 2.45. The van der Waals surface area contributed by atoms with Gasteiger partial charge in [0.15, 0.2) is 11.4 Å². The maximum Gasteiger partial charge on any atom is 0.216 e. The van der Waals surface area contributed by atoms with Gasteiger partial charge in [-0.25, -0.2) is 4.85 Å². The highest BCUT2D eigenvalue weighted by Gasteiger charge is 2.27. The molecule has 1 fully saturated rings. The van der Waals surface area contributed by atoms with E-state index < -0.39 is 0 Å². The molecule has 2 aromatic heterocycles. The first-order chi connectivity index (χ1) is 18.4. The SMILES string of the molecule is [C-]#[N+]c1ccc2c(oc3c(-c4cc(C5CCCC5)cc(C)[n+]4C)c(C)ccc32)c1-c1ccc(C(C)C)cc1. The number of pyridine rings is 1. The molecule has 6 rings (SSSR count). The Bertz CT molecular complexity index is 1730. The summed E-state index contributed by atoms with van der Waals surface area (Å²) in [5.74, 6) is 1.10. The second-order valence-corrected chi connectivity index (χ2v) is 11.3. The molecule has 0 atom stereocenters. The van der Waals surface area contributed by atoms with Crippen LogP contribution in [0, 0.1) is 20.4 Å². The van der Waals surface area contributed by atoms with Gasteiger partial charge < -0.3 is 4.42 Å². The van der Waals surface area contributed by atoms with Crippen LogP contribution in [0.5, 0.6) is 0 Å². The standard InChI is InChI=1S/C35H35N2O/c1-21(2)24-12-14-26(15-13-24)33-30(36-5)18-17-29-28-16-11-22(3)32(34(28)38-35(29)33)31-20-27(19-23(4)37(31)6)25-9-7-8-10-25/h11-21,25H,7-10H2,1-4,6H3/q+1. The molecule has 1 aliphatic carbocycles. The molecule has 3 nitrogen and oxygen atoms in total. The number of aromatic nitrogens is 1. The van der Waals surface area contributed by atoms with Gasteiger partial charge >= 0.3 is 0 Å². The molecule has 3 heteroatoms. The molecular formula is C35H35N2O+. The van der Waals surface area contributed by atoms with Crippen molar-refractivity contribution in [2.45, 2.75) is 65.2 Å². The first kappa shape index (κ1) is 24.4. The summed E-state index contributed by atoms with van der Waals surface area (Å²) < 4.78 is 9.12. The number of nitrogens with zero attached hydrogens (tertiary/aromatic N) is 2. The largest absolute Gasteiger partial charge is 0.456 e. The van der Waals surface area contributed by atoms with Crippen molar-refractivity contribution in [1.29, 1.82) is 0 Å². The molecule has 0 radical (unpaired) electrons. The number of aryl methyl sites for hydroxylation is 2. The van der Waals surface area contributed by atoms with Gasteiger partial charge in [-0.15, -0.1) is 0 Å². The van der Waals surface area contributed by atoms with Crippen molar-refractivity contribution in [3.05, 3.63) is 94.5 Å². The Balaban J connectivity index is 1.63. The lowest BCUT2D eigenvalue weighted by molar-refractivity contribution is -0.666. The maximum absolute atomic E-state index is 7.90. The Morgan fingerprint density at radius 2 is 1.53 bits per heavy atom. The minimum absolute atomic E-state index is 0.459. The quantitative estimate of drug-likeness (QED) is 0.178. The van der Waals surface area contributed by atoms with Gasteiger partial charge in [-0.1, -0.05) is 75.2 Å². The summed E-state index contributed by atoms with van der Waals surface area (Å²) in [4.78, 5) is 3.89.